The Balaban J connectivity index is 2.45. The average molecular weight is 170 g/mol. The first-order valence-electron chi connectivity index (χ1n) is 4.53. The summed E-state index contributed by atoms with van der Waals surface area (Å²) in [6.45, 7) is 4.01. The van der Waals surface area contributed by atoms with Gasteiger partial charge in [0.25, 0.3) is 0 Å². The van der Waals surface area contributed by atoms with Crippen molar-refractivity contribution in [1.29, 1.82) is 0 Å². The van der Waals surface area contributed by atoms with E-state index in [0.29, 0.717) is 0 Å². The molecule has 1 fully saturated rings. The highest BCUT2D eigenvalue weighted by molar-refractivity contribution is 5.06. The van der Waals surface area contributed by atoms with Gasteiger partial charge in [-0.05, 0) is 33.1 Å². The molecule has 1 atom stereocenters. The van der Waals surface area contributed by atoms with Gasteiger partial charge in [0.2, 0.25) is 0 Å². The smallest absolute Gasteiger partial charge is 0.0829 e. The Morgan fingerprint density at radius 1 is 1.50 bits per heavy atom. The molecule has 0 amide bonds. The van der Waals surface area contributed by atoms with Gasteiger partial charge in [0.1, 0.15) is 0 Å². The zero-order valence-corrected chi connectivity index (χ0v) is 7.88. The van der Waals surface area contributed by atoms with Crippen LogP contribution in [0.1, 0.15) is 33.1 Å². The number of allylic oxidation sites excluding steroid dienone is 2. The number of aliphatic hydroxyl groups is 2. The van der Waals surface area contributed by atoms with E-state index in [1.54, 1.807) is 0 Å². The van der Waals surface area contributed by atoms with Crippen LogP contribution in [-0.4, -0.2) is 22.9 Å². The van der Waals surface area contributed by atoms with Gasteiger partial charge in [-0.3, -0.25) is 0 Å². The number of hydrogen-bond donors (Lipinski definition) is 2. The maximum atomic E-state index is 9.48. The van der Waals surface area contributed by atoms with Gasteiger partial charge >= 0.3 is 0 Å². The van der Waals surface area contributed by atoms with Crippen molar-refractivity contribution in [3.05, 3.63) is 11.6 Å². The molecule has 0 aromatic carbocycles. The summed E-state index contributed by atoms with van der Waals surface area (Å²) in [5.41, 5.74) is 1.30. The van der Waals surface area contributed by atoms with Crippen LogP contribution in [0.4, 0.5) is 0 Å². The molecule has 2 heteroatoms. The summed E-state index contributed by atoms with van der Waals surface area (Å²) in [6.07, 6.45) is 4.65. The Labute approximate surface area is 73.9 Å². The van der Waals surface area contributed by atoms with Gasteiger partial charge < -0.3 is 10.2 Å². The van der Waals surface area contributed by atoms with Gasteiger partial charge in [-0.25, -0.2) is 0 Å². The van der Waals surface area contributed by atoms with Crippen LogP contribution in [0.25, 0.3) is 0 Å². The first kappa shape index (κ1) is 9.75. The highest BCUT2D eigenvalue weighted by atomic mass is 16.3. The second kappa shape index (κ2) is 3.58. The molecule has 1 unspecified atom stereocenters. The fourth-order valence-electron chi connectivity index (χ4n) is 1.43. The molecule has 1 saturated carbocycles. The quantitative estimate of drug-likeness (QED) is 0.627. The molecule has 1 rings (SSSR count). The average Bonchev–Trinajstić information content (AvgIpc) is 2.80. The summed E-state index contributed by atoms with van der Waals surface area (Å²) in [7, 11) is 0. The van der Waals surface area contributed by atoms with E-state index in [2.05, 4.69) is 19.9 Å². The SMILES string of the molecule is CC(C)=CCC1(C(O)CO)CC1. The lowest BCUT2D eigenvalue weighted by Gasteiger charge is -2.18. The van der Waals surface area contributed by atoms with Crippen molar-refractivity contribution in [2.75, 3.05) is 6.61 Å². The van der Waals surface area contributed by atoms with Crippen molar-refractivity contribution < 1.29 is 10.2 Å². The topological polar surface area (TPSA) is 40.5 Å². The third-order valence-electron chi connectivity index (χ3n) is 2.69. The minimum absolute atomic E-state index is 0.0199. The largest absolute Gasteiger partial charge is 0.394 e. The van der Waals surface area contributed by atoms with Crippen LogP contribution in [0.2, 0.25) is 0 Å². The molecule has 2 nitrogen and oxygen atoms in total. The van der Waals surface area contributed by atoms with Crippen molar-refractivity contribution in [3.8, 4) is 0 Å². The molecule has 0 spiro atoms. The fourth-order valence-corrected chi connectivity index (χ4v) is 1.43. The van der Waals surface area contributed by atoms with Crippen molar-refractivity contribution in [2.24, 2.45) is 5.41 Å². The van der Waals surface area contributed by atoms with E-state index in [-0.39, 0.29) is 12.0 Å². The summed E-state index contributed by atoms with van der Waals surface area (Å²) in [4.78, 5) is 0. The summed E-state index contributed by atoms with van der Waals surface area (Å²) in [5.74, 6) is 0. The van der Waals surface area contributed by atoms with Crippen LogP contribution in [-0.2, 0) is 0 Å². The standard InChI is InChI=1S/C10H18O2/c1-8(2)3-4-10(5-6-10)9(12)7-11/h3,9,11-12H,4-7H2,1-2H3. The summed E-state index contributed by atoms with van der Waals surface area (Å²) >= 11 is 0. The van der Waals surface area contributed by atoms with E-state index >= 15 is 0 Å². The van der Waals surface area contributed by atoms with Gasteiger partial charge in [-0.15, -0.1) is 0 Å². The molecular weight excluding hydrogens is 152 g/mol. The lowest BCUT2D eigenvalue weighted by atomic mass is 9.94. The van der Waals surface area contributed by atoms with Crippen molar-refractivity contribution in [2.45, 2.75) is 39.2 Å². The van der Waals surface area contributed by atoms with Gasteiger partial charge in [0, 0.05) is 5.41 Å². The molecule has 2 N–H and O–H groups in total. The lowest BCUT2D eigenvalue weighted by molar-refractivity contribution is 0.0363. The third kappa shape index (κ3) is 2.08. The van der Waals surface area contributed by atoms with Crippen molar-refractivity contribution >= 4 is 0 Å². The Hall–Kier alpha value is -0.340. The molecule has 1 aliphatic rings. The van der Waals surface area contributed by atoms with Gasteiger partial charge in [-0.2, -0.15) is 0 Å². The molecule has 0 aromatic heterocycles. The monoisotopic (exact) mass is 170 g/mol. The molecule has 0 radical (unpaired) electrons. The minimum atomic E-state index is -0.520. The van der Waals surface area contributed by atoms with Crippen molar-refractivity contribution in [1.82, 2.24) is 0 Å². The Kier molecular flexibility index (Phi) is 2.91. The second-order valence-electron chi connectivity index (χ2n) is 4.05. The van der Waals surface area contributed by atoms with E-state index in [0.717, 1.165) is 19.3 Å². The molecule has 0 saturated heterocycles. The predicted molar refractivity (Wildman–Crippen MR) is 48.8 cm³/mol. The maximum absolute atomic E-state index is 9.48. The number of rotatable bonds is 4. The molecule has 70 valence electrons. The van der Waals surface area contributed by atoms with Gasteiger partial charge in [0.05, 0.1) is 12.7 Å². The summed E-state index contributed by atoms with van der Waals surface area (Å²) in [6, 6.07) is 0. The van der Waals surface area contributed by atoms with Crippen LogP contribution in [0.5, 0.6) is 0 Å². The summed E-state index contributed by atoms with van der Waals surface area (Å²) < 4.78 is 0. The zero-order chi connectivity index (χ0) is 9.19. The first-order valence-corrected chi connectivity index (χ1v) is 4.53. The Bertz CT molecular complexity index is 176. The lowest BCUT2D eigenvalue weighted by Crippen LogP contribution is -2.25. The van der Waals surface area contributed by atoms with E-state index in [9.17, 15) is 5.11 Å². The predicted octanol–water partition coefficient (Wildman–Crippen LogP) is 1.48. The zero-order valence-electron chi connectivity index (χ0n) is 7.88. The third-order valence-corrected chi connectivity index (χ3v) is 2.69. The Morgan fingerprint density at radius 2 is 2.08 bits per heavy atom. The Morgan fingerprint density at radius 3 is 2.42 bits per heavy atom. The van der Waals surface area contributed by atoms with Crippen molar-refractivity contribution in [3.63, 3.8) is 0 Å². The molecule has 0 aromatic rings. The highest BCUT2D eigenvalue weighted by Gasteiger charge is 2.47. The van der Waals surface area contributed by atoms with Crippen LogP contribution < -0.4 is 0 Å². The molecule has 0 bridgehead atoms. The molecule has 0 heterocycles. The van der Waals surface area contributed by atoms with E-state index < -0.39 is 6.10 Å². The first-order chi connectivity index (χ1) is 5.60. The van der Waals surface area contributed by atoms with Crippen LogP contribution in [0.3, 0.4) is 0 Å². The normalized spacial score (nSPS) is 21.7. The number of aliphatic hydroxyl groups excluding tert-OH is 2. The summed E-state index contributed by atoms with van der Waals surface area (Å²) in [5, 5.41) is 18.3. The second-order valence-corrected chi connectivity index (χ2v) is 4.05. The van der Waals surface area contributed by atoms with E-state index in [1.165, 1.54) is 5.57 Å². The van der Waals surface area contributed by atoms with E-state index in [1.807, 2.05) is 0 Å². The van der Waals surface area contributed by atoms with Crippen LogP contribution in [0, 0.1) is 5.41 Å². The highest BCUT2D eigenvalue weighted by Crippen LogP contribution is 2.52. The van der Waals surface area contributed by atoms with Crippen LogP contribution >= 0.6 is 0 Å². The van der Waals surface area contributed by atoms with Gasteiger partial charge in [0.15, 0.2) is 0 Å². The minimum Gasteiger partial charge on any atom is -0.394 e. The molecule has 0 aliphatic heterocycles. The van der Waals surface area contributed by atoms with E-state index in [4.69, 9.17) is 5.11 Å². The molecule has 1 aliphatic carbocycles. The van der Waals surface area contributed by atoms with Gasteiger partial charge in [-0.1, -0.05) is 11.6 Å². The number of hydrogen-bond acceptors (Lipinski definition) is 2. The molecule has 12 heavy (non-hydrogen) atoms. The molecular formula is C10H18O2. The maximum Gasteiger partial charge on any atom is 0.0829 e. The fraction of sp³-hybridized carbons (Fsp3) is 0.800. The van der Waals surface area contributed by atoms with Crippen LogP contribution in [0.15, 0.2) is 11.6 Å².